The number of phenols is 1. The summed E-state index contributed by atoms with van der Waals surface area (Å²) in [6.45, 7) is 1.47. The molecule has 0 fully saturated rings. The Bertz CT molecular complexity index is 312. The second kappa shape index (κ2) is 3.83. The SMILES string of the molecule is CC(=O)c1ccc(O)c(SCl)c1. The summed E-state index contributed by atoms with van der Waals surface area (Å²) in [5.74, 6) is 0.0574. The molecule has 64 valence electrons. The number of carbonyl (C=O) groups is 1. The van der Waals surface area contributed by atoms with Crippen LogP contribution in [0, 0.1) is 0 Å². The highest BCUT2D eigenvalue weighted by Crippen LogP contribution is 2.31. The lowest BCUT2D eigenvalue weighted by Crippen LogP contribution is -1.90. The van der Waals surface area contributed by atoms with Crippen molar-refractivity contribution in [2.45, 2.75) is 11.8 Å². The summed E-state index contributed by atoms with van der Waals surface area (Å²) < 4.78 is 0. The molecule has 0 heterocycles. The smallest absolute Gasteiger partial charge is 0.159 e. The highest BCUT2D eigenvalue weighted by molar-refractivity contribution is 8.21. The minimum absolute atomic E-state index is 0.0398. The summed E-state index contributed by atoms with van der Waals surface area (Å²) in [5.41, 5.74) is 0.552. The quantitative estimate of drug-likeness (QED) is 0.750. The Morgan fingerprint density at radius 1 is 1.58 bits per heavy atom. The van der Waals surface area contributed by atoms with Gasteiger partial charge in [0.25, 0.3) is 0 Å². The van der Waals surface area contributed by atoms with Crippen LogP contribution in [0.15, 0.2) is 23.1 Å². The molecule has 0 amide bonds. The van der Waals surface area contributed by atoms with Gasteiger partial charge in [-0.1, -0.05) is 0 Å². The van der Waals surface area contributed by atoms with Crippen LogP contribution in [0.25, 0.3) is 0 Å². The zero-order valence-electron chi connectivity index (χ0n) is 6.37. The fraction of sp³-hybridized carbons (Fsp3) is 0.125. The van der Waals surface area contributed by atoms with Crippen molar-refractivity contribution in [2.75, 3.05) is 0 Å². The van der Waals surface area contributed by atoms with E-state index in [9.17, 15) is 9.90 Å². The molecule has 0 aliphatic rings. The van der Waals surface area contributed by atoms with Crippen LogP contribution in [0.2, 0.25) is 0 Å². The topological polar surface area (TPSA) is 37.3 Å². The van der Waals surface area contributed by atoms with Gasteiger partial charge in [0, 0.05) is 5.56 Å². The van der Waals surface area contributed by atoms with Crippen molar-refractivity contribution in [2.24, 2.45) is 0 Å². The number of aromatic hydroxyl groups is 1. The van der Waals surface area contributed by atoms with Gasteiger partial charge in [-0.25, -0.2) is 0 Å². The Balaban J connectivity index is 3.13. The number of halogens is 1. The van der Waals surface area contributed by atoms with Gasteiger partial charge in [-0.15, -0.1) is 0 Å². The van der Waals surface area contributed by atoms with E-state index >= 15 is 0 Å². The number of phenolic OH excluding ortho intramolecular Hbond substituents is 1. The Labute approximate surface area is 79.0 Å². The van der Waals surface area contributed by atoms with Gasteiger partial charge in [-0.3, -0.25) is 4.79 Å². The molecule has 0 saturated carbocycles. The molecule has 1 aromatic carbocycles. The molecule has 0 aliphatic heterocycles. The van der Waals surface area contributed by atoms with Gasteiger partial charge in [-0.2, -0.15) is 0 Å². The first kappa shape index (κ1) is 9.42. The average molecular weight is 203 g/mol. The summed E-state index contributed by atoms with van der Waals surface area (Å²) in [7, 11) is 6.35. The van der Waals surface area contributed by atoms with Crippen LogP contribution < -0.4 is 0 Å². The molecule has 1 rings (SSSR count). The molecule has 0 saturated heterocycles. The van der Waals surface area contributed by atoms with E-state index in [2.05, 4.69) is 0 Å². The van der Waals surface area contributed by atoms with Crippen LogP contribution in [0.4, 0.5) is 0 Å². The van der Waals surface area contributed by atoms with Crippen molar-refractivity contribution >= 4 is 27.4 Å². The monoisotopic (exact) mass is 202 g/mol. The predicted octanol–water partition coefficient (Wildman–Crippen LogP) is 2.84. The summed E-state index contributed by atoms with van der Waals surface area (Å²) in [4.78, 5) is 11.4. The summed E-state index contributed by atoms with van der Waals surface area (Å²) >= 11 is 0. The molecule has 12 heavy (non-hydrogen) atoms. The minimum atomic E-state index is -0.0398. The van der Waals surface area contributed by atoms with E-state index < -0.39 is 0 Å². The van der Waals surface area contributed by atoms with E-state index in [0.29, 0.717) is 10.5 Å². The first-order valence-electron chi connectivity index (χ1n) is 3.27. The van der Waals surface area contributed by atoms with Crippen LogP contribution >= 0.6 is 21.7 Å². The normalized spacial score (nSPS) is 9.83. The van der Waals surface area contributed by atoms with Gasteiger partial charge in [0.15, 0.2) is 5.78 Å². The third-order valence-electron chi connectivity index (χ3n) is 1.45. The standard InChI is InChI=1S/C8H7ClO2S/c1-5(10)6-2-3-7(11)8(4-6)12-9/h2-4,11H,1H3. The largest absolute Gasteiger partial charge is 0.507 e. The number of benzene rings is 1. The number of hydrogen-bond acceptors (Lipinski definition) is 3. The molecular formula is C8H7ClO2S. The van der Waals surface area contributed by atoms with E-state index in [1.54, 1.807) is 12.1 Å². The fourth-order valence-electron chi connectivity index (χ4n) is 0.795. The average Bonchev–Trinajstić information content (AvgIpc) is 2.05. The van der Waals surface area contributed by atoms with Crippen LogP contribution in [0.3, 0.4) is 0 Å². The van der Waals surface area contributed by atoms with E-state index in [0.717, 1.165) is 11.0 Å². The maximum absolute atomic E-state index is 10.9. The Hall–Kier alpha value is -0.670. The second-order valence-corrected chi connectivity index (χ2v) is 3.37. The summed E-state index contributed by atoms with van der Waals surface area (Å²) in [6.07, 6.45) is 0. The first-order chi connectivity index (χ1) is 5.65. The molecule has 0 spiro atoms. The number of rotatable bonds is 2. The van der Waals surface area contributed by atoms with Crippen molar-refractivity contribution < 1.29 is 9.90 Å². The third-order valence-corrected chi connectivity index (χ3v) is 2.44. The molecule has 0 aliphatic carbocycles. The lowest BCUT2D eigenvalue weighted by atomic mass is 10.1. The minimum Gasteiger partial charge on any atom is -0.507 e. The highest BCUT2D eigenvalue weighted by Gasteiger charge is 2.04. The maximum Gasteiger partial charge on any atom is 0.159 e. The number of hydrogen-bond donors (Lipinski definition) is 1. The molecule has 0 radical (unpaired) electrons. The molecule has 2 nitrogen and oxygen atoms in total. The van der Waals surface area contributed by atoms with E-state index in [1.807, 2.05) is 0 Å². The van der Waals surface area contributed by atoms with Crippen molar-refractivity contribution in [1.82, 2.24) is 0 Å². The maximum atomic E-state index is 10.9. The first-order valence-corrected chi connectivity index (χ1v) is 4.92. The van der Waals surface area contributed by atoms with Gasteiger partial charge in [0.2, 0.25) is 0 Å². The summed E-state index contributed by atoms with van der Waals surface area (Å²) in [6, 6.07) is 4.59. The Morgan fingerprint density at radius 3 is 2.75 bits per heavy atom. The van der Waals surface area contributed by atoms with Crippen molar-refractivity contribution in [3.63, 3.8) is 0 Å². The Kier molecular flexibility index (Phi) is 3.00. The third kappa shape index (κ3) is 1.93. The van der Waals surface area contributed by atoms with E-state index in [4.69, 9.17) is 10.7 Å². The zero-order valence-corrected chi connectivity index (χ0v) is 7.95. The van der Waals surface area contributed by atoms with Crippen molar-refractivity contribution in [1.29, 1.82) is 0 Å². The molecule has 1 aromatic rings. The van der Waals surface area contributed by atoms with Crippen LogP contribution in [0.1, 0.15) is 17.3 Å². The zero-order chi connectivity index (χ0) is 9.14. The van der Waals surface area contributed by atoms with Gasteiger partial charge in [0.05, 0.1) is 4.90 Å². The number of carbonyl (C=O) groups excluding carboxylic acids is 1. The molecule has 0 unspecified atom stereocenters. The van der Waals surface area contributed by atoms with Crippen LogP contribution in [-0.4, -0.2) is 10.9 Å². The lowest BCUT2D eigenvalue weighted by Gasteiger charge is -2.00. The molecule has 0 bridgehead atoms. The molecule has 1 N–H and O–H groups in total. The molecular weight excluding hydrogens is 196 g/mol. The van der Waals surface area contributed by atoms with E-state index in [1.165, 1.54) is 13.0 Å². The highest BCUT2D eigenvalue weighted by atomic mass is 35.7. The van der Waals surface area contributed by atoms with Gasteiger partial charge < -0.3 is 5.11 Å². The van der Waals surface area contributed by atoms with Crippen LogP contribution in [-0.2, 0) is 0 Å². The number of Topliss-reactive ketones (excluding diaryl/α,β-unsaturated/α-hetero) is 1. The fourth-order valence-corrected chi connectivity index (χ4v) is 1.48. The van der Waals surface area contributed by atoms with E-state index in [-0.39, 0.29) is 11.5 Å². The Morgan fingerprint density at radius 2 is 2.25 bits per heavy atom. The molecule has 4 heteroatoms. The molecule has 0 aromatic heterocycles. The van der Waals surface area contributed by atoms with Gasteiger partial charge in [0.1, 0.15) is 5.75 Å². The second-order valence-electron chi connectivity index (χ2n) is 2.32. The summed E-state index contributed by atoms with van der Waals surface area (Å²) in [5, 5.41) is 9.20. The van der Waals surface area contributed by atoms with Crippen molar-refractivity contribution in [3.05, 3.63) is 23.8 Å². The van der Waals surface area contributed by atoms with Gasteiger partial charge in [-0.05, 0) is 46.8 Å². The van der Waals surface area contributed by atoms with Crippen LogP contribution in [0.5, 0.6) is 5.75 Å². The van der Waals surface area contributed by atoms with Gasteiger partial charge >= 0.3 is 0 Å². The van der Waals surface area contributed by atoms with Crippen molar-refractivity contribution in [3.8, 4) is 5.75 Å². The lowest BCUT2D eigenvalue weighted by molar-refractivity contribution is 0.101. The number of ketones is 1. The predicted molar refractivity (Wildman–Crippen MR) is 49.8 cm³/mol. The molecule has 0 atom stereocenters.